The summed E-state index contributed by atoms with van der Waals surface area (Å²) >= 11 is 0. The number of aryl methyl sites for hydroxylation is 2. The number of hydrogen-bond donors (Lipinski definition) is 0. The summed E-state index contributed by atoms with van der Waals surface area (Å²) in [6.07, 6.45) is 4.05. The fourth-order valence-electron chi connectivity index (χ4n) is 1.26. The van der Waals surface area contributed by atoms with E-state index in [0.29, 0.717) is 12.0 Å². The molecule has 2 aromatic rings. The smallest absolute Gasteiger partial charge is 0.171 e. The SMILES string of the molecule is Cc1nn(C)cc1-n1cc(C=O)nn1. The van der Waals surface area contributed by atoms with E-state index in [0.717, 1.165) is 11.4 Å². The first-order valence-corrected chi connectivity index (χ1v) is 4.09. The molecule has 0 amide bonds. The summed E-state index contributed by atoms with van der Waals surface area (Å²) < 4.78 is 3.22. The first kappa shape index (κ1) is 8.61. The fourth-order valence-corrected chi connectivity index (χ4v) is 1.26. The van der Waals surface area contributed by atoms with Crippen LogP contribution < -0.4 is 0 Å². The van der Waals surface area contributed by atoms with Crippen molar-refractivity contribution in [2.45, 2.75) is 6.92 Å². The molecule has 0 saturated heterocycles. The van der Waals surface area contributed by atoms with Crippen LogP contribution in [0.5, 0.6) is 0 Å². The third-order valence-electron chi connectivity index (χ3n) is 1.87. The normalized spacial score (nSPS) is 10.4. The lowest BCUT2D eigenvalue weighted by atomic mass is 10.4. The Kier molecular flexibility index (Phi) is 1.88. The van der Waals surface area contributed by atoms with E-state index < -0.39 is 0 Å². The second-order valence-electron chi connectivity index (χ2n) is 2.98. The first-order chi connectivity index (χ1) is 6.70. The minimum Gasteiger partial charge on any atom is -0.296 e. The molecule has 0 aromatic carbocycles. The third kappa shape index (κ3) is 1.30. The summed E-state index contributed by atoms with van der Waals surface area (Å²) in [5, 5.41) is 11.6. The first-order valence-electron chi connectivity index (χ1n) is 4.09. The maximum atomic E-state index is 10.4. The fraction of sp³-hybridized carbons (Fsp3) is 0.250. The minimum atomic E-state index is 0.313. The van der Waals surface area contributed by atoms with E-state index in [9.17, 15) is 4.79 Å². The lowest BCUT2D eigenvalue weighted by molar-refractivity contribution is 0.111. The van der Waals surface area contributed by atoms with Crippen LogP contribution in [0, 0.1) is 6.92 Å². The molecule has 72 valence electrons. The van der Waals surface area contributed by atoms with Crippen LogP contribution in [0.2, 0.25) is 0 Å². The molecule has 0 atom stereocenters. The van der Waals surface area contributed by atoms with Crippen LogP contribution >= 0.6 is 0 Å². The van der Waals surface area contributed by atoms with Crippen LogP contribution in [0.25, 0.3) is 5.69 Å². The van der Waals surface area contributed by atoms with Gasteiger partial charge in [0, 0.05) is 7.05 Å². The Labute approximate surface area is 80.1 Å². The van der Waals surface area contributed by atoms with Crippen molar-refractivity contribution in [1.82, 2.24) is 24.8 Å². The molecule has 0 aliphatic rings. The van der Waals surface area contributed by atoms with Crippen LogP contribution in [0.4, 0.5) is 0 Å². The zero-order valence-corrected chi connectivity index (χ0v) is 7.88. The van der Waals surface area contributed by atoms with Gasteiger partial charge in [0.2, 0.25) is 0 Å². The number of aromatic nitrogens is 5. The van der Waals surface area contributed by atoms with Crippen LogP contribution in [-0.2, 0) is 7.05 Å². The number of hydrogen-bond acceptors (Lipinski definition) is 4. The summed E-state index contributed by atoms with van der Waals surface area (Å²) in [7, 11) is 1.83. The molecule has 0 spiro atoms. The lowest BCUT2D eigenvalue weighted by Gasteiger charge is -1.93. The minimum absolute atomic E-state index is 0.313. The number of rotatable bonds is 2. The average molecular weight is 191 g/mol. The highest BCUT2D eigenvalue weighted by Crippen LogP contribution is 2.09. The van der Waals surface area contributed by atoms with Crippen LogP contribution in [-0.4, -0.2) is 31.1 Å². The van der Waals surface area contributed by atoms with E-state index in [1.807, 2.05) is 20.2 Å². The summed E-state index contributed by atoms with van der Waals surface area (Å²) in [6, 6.07) is 0. The molecule has 6 heteroatoms. The highest BCUT2D eigenvalue weighted by atomic mass is 16.1. The molecule has 0 fully saturated rings. The Morgan fingerprint density at radius 2 is 2.21 bits per heavy atom. The summed E-state index contributed by atoms with van der Waals surface area (Å²) in [5.74, 6) is 0. The molecule has 2 rings (SSSR count). The third-order valence-corrected chi connectivity index (χ3v) is 1.87. The van der Waals surface area contributed by atoms with Gasteiger partial charge in [-0.05, 0) is 6.92 Å². The van der Waals surface area contributed by atoms with Gasteiger partial charge in [0.25, 0.3) is 0 Å². The van der Waals surface area contributed by atoms with E-state index in [1.54, 1.807) is 10.9 Å². The molecule has 0 aliphatic carbocycles. The molecule has 0 bridgehead atoms. The molecule has 0 radical (unpaired) electrons. The Hall–Kier alpha value is -1.98. The average Bonchev–Trinajstić information content (AvgIpc) is 2.71. The van der Waals surface area contributed by atoms with Crippen molar-refractivity contribution in [3.63, 3.8) is 0 Å². The van der Waals surface area contributed by atoms with Crippen molar-refractivity contribution in [2.75, 3.05) is 0 Å². The summed E-state index contributed by atoms with van der Waals surface area (Å²) in [4.78, 5) is 10.4. The molecule has 0 saturated carbocycles. The Morgan fingerprint density at radius 3 is 2.71 bits per heavy atom. The molecule has 14 heavy (non-hydrogen) atoms. The molecule has 0 unspecified atom stereocenters. The zero-order chi connectivity index (χ0) is 10.1. The molecule has 0 aliphatic heterocycles. The van der Waals surface area contributed by atoms with Gasteiger partial charge >= 0.3 is 0 Å². The van der Waals surface area contributed by atoms with Gasteiger partial charge in [-0.25, -0.2) is 4.68 Å². The predicted octanol–water partition coefficient (Wildman–Crippen LogP) is 0.122. The van der Waals surface area contributed by atoms with Gasteiger partial charge in [-0.3, -0.25) is 9.48 Å². The summed E-state index contributed by atoms with van der Waals surface area (Å²) in [6.45, 7) is 1.87. The lowest BCUT2D eigenvalue weighted by Crippen LogP contribution is -1.95. The van der Waals surface area contributed by atoms with Crippen molar-refractivity contribution < 1.29 is 4.79 Å². The van der Waals surface area contributed by atoms with Gasteiger partial charge < -0.3 is 0 Å². The topological polar surface area (TPSA) is 65.6 Å². The Morgan fingerprint density at radius 1 is 1.43 bits per heavy atom. The van der Waals surface area contributed by atoms with Gasteiger partial charge in [0.15, 0.2) is 6.29 Å². The maximum absolute atomic E-state index is 10.4. The van der Waals surface area contributed by atoms with Crippen LogP contribution in [0.3, 0.4) is 0 Å². The van der Waals surface area contributed by atoms with Crippen molar-refractivity contribution in [3.8, 4) is 5.69 Å². The van der Waals surface area contributed by atoms with Crippen molar-refractivity contribution in [2.24, 2.45) is 7.05 Å². The van der Waals surface area contributed by atoms with Gasteiger partial charge in [0.1, 0.15) is 11.4 Å². The predicted molar refractivity (Wildman–Crippen MR) is 48.2 cm³/mol. The van der Waals surface area contributed by atoms with E-state index in [1.165, 1.54) is 4.68 Å². The van der Waals surface area contributed by atoms with Gasteiger partial charge in [0.05, 0.1) is 18.1 Å². The second kappa shape index (κ2) is 3.06. The quantitative estimate of drug-likeness (QED) is 0.632. The Balaban J connectivity index is 2.48. The second-order valence-corrected chi connectivity index (χ2v) is 2.98. The zero-order valence-electron chi connectivity index (χ0n) is 7.88. The van der Waals surface area contributed by atoms with Crippen molar-refractivity contribution >= 4 is 6.29 Å². The van der Waals surface area contributed by atoms with Gasteiger partial charge in [-0.15, -0.1) is 5.10 Å². The highest BCUT2D eigenvalue weighted by Gasteiger charge is 2.07. The molecule has 2 aromatic heterocycles. The number of carbonyl (C=O) groups is 1. The maximum Gasteiger partial charge on any atom is 0.171 e. The van der Waals surface area contributed by atoms with E-state index in [-0.39, 0.29) is 0 Å². The molecular weight excluding hydrogens is 182 g/mol. The van der Waals surface area contributed by atoms with E-state index in [4.69, 9.17) is 0 Å². The Bertz CT molecular complexity index is 470. The standard InChI is InChI=1S/C8H9N5O/c1-6-8(4-12(2)10-6)13-3-7(5-14)9-11-13/h3-5H,1-2H3. The van der Waals surface area contributed by atoms with Crippen molar-refractivity contribution in [3.05, 3.63) is 23.8 Å². The monoisotopic (exact) mass is 191 g/mol. The van der Waals surface area contributed by atoms with Crippen LogP contribution in [0.15, 0.2) is 12.4 Å². The number of carbonyl (C=O) groups excluding carboxylic acids is 1. The number of aldehydes is 1. The summed E-state index contributed by atoms with van der Waals surface area (Å²) in [5.41, 5.74) is 1.98. The number of nitrogens with zero attached hydrogens (tertiary/aromatic N) is 5. The van der Waals surface area contributed by atoms with E-state index in [2.05, 4.69) is 15.4 Å². The molecule has 2 heterocycles. The van der Waals surface area contributed by atoms with E-state index >= 15 is 0 Å². The van der Waals surface area contributed by atoms with Gasteiger partial charge in [-0.1, -0.05) is 5.21 Å². The molecular formula is C8H9N5O. The van der Waals surface area contributed by atoms with Crippen LogP contribution in [0.1, 0.15) is 16.2 Å². The van der Waals surface area contributed by atoms with Gasteiger partial charge in [-0.2, -0.15) is 5.10 Å². The highest BCUT2D eigenvalue weighted by molar-refractivity contribution is 5.70. The molecule has 0 N–H and O–H groups in total. The van der Waals surface area contributed by atoms with Crippen molar-refractivity contribution in [1.29, 1.82) is 0 Å². The molecule has 6 nitrogen and oxygen atoms in total. The largest absolute Gasteiger partial charge is 0.296 e.